The number of hydrogen-bond acceptors (Lipinski definition) is 2. The van der Waals surface area contributed by atoms with Crippen LogP contribution in [0.2, 0.25) is 0 Å². The van der Waals surface area contributed by atoms with E-state index in [4.69, 9.17) is 0 Å². The van der Waals surface area contributed by atoms with Gasteiger partial charge in [-0.3, -0.25) is 0 Å². The molecule has 0 aliphatic rings. The SMILES string of the molecule is CCc1nc(C(=O)O)cc2c3ccccc3n(Cc3ccccc3C(F)(F)F)c12. The zero-order chi connectivity index (χ0) is 20.8. The topological polar surface area (TPSA) is 55.1 Å². The predicted octanol–water partition coefficient (Wildman–Crippen LogP) is 5.52. The third kappa shape index (κ3) is 3.22. The highest BCUT2D eigenvalue weighted by atomic mass is 19.4. The number of aromatic carboxylic acids is 1. The summed E-state index contributed by atoms with van der Waals surface area (Å²) >= 11 is 0. The van der Waals surface area contributed by atoms with Crippen LogP contribution in [0.5, 0.6) is 0 Å². The summed E-state index contributed by atoms with van der Waals surface area (Å²) < 4.78 is 42.3. The Morgan fingerprint density at radius 2 is 1.76 bits per heavy atom. The molecule has 4 rings (SSSR count). The molecular weight excluding hydrogens is 381 g/mol. The van der Waals surface area contributed by atoms with Crippen LogP contribution in [0.15, 0.2) is 54.6 Å². The Kier molecular flexibility index (Phi) is 4.53. The van der Waals surface area contributed by atoms with E-state index in [9.17, 15) is 23.1 Å². The number of carbonyl (C=O) groups is 1. The summed E-state index contributed by atoms with van der Waals surface area (Å²) in [7, 11) is 0. The summed E-state index contributed by atoms with van der Waals surface area (Å²) in [4.78, 5) is 15.8. The summed E-state index contributed by atoms with van der Waals surface area (Å²) in [6.45, 7) is 1.85. The van der Waals surface area contributed by atoms with Crippen molar-refractivity contribution in [2.45, 2.75) is 26.1 Å². The molecule has 0 saturated heterocycles. The largest absolute Gasteiger partial charge is 0.477 e. The molecule has 0 spiro atoms. The molecule has 0 saturated carbocycles. The van der Waals surface area contributed by atoms with Crippen LogP contribution in [0, 0.1) is 0 Å². The van der Waals surface area contributed by atoms with Gasteiger partial charge in [-0.1, -0.05) is 43.3 Å². The summed E-state index contributed by atoms with van der Waals surface area (Å²) in [5, 5.41) is 10.9. The van der Waals surface area contributed by atoms with E-state index in [0.29, 0.717) is 23.0 Å². The highest BCUT2D eigenvalue weighted by molar-refractivity contribution is 6.10. The van der Waals surface area contributed by atoms with E-state index in [1.807, 2.05) is 31.2 Å². The monoisotopic (exact) mass is 398 g/mol. The number of hydrogen-bond donors (Lipinski definition) is 1. The Hall–Kier alpha value is -3.35. The number of carboxylic acid groups (broad SMARTS) is 1. The second-order valence-corrected chi connectivity index (χ2v) is 6.77. The molecule has 1 N–H and O–H groups in total. The molecule has 0 aliphatic heterocycles. The first-order valence-electron chi connectivity index (χ1n) is 9.10. The van der Waals surface area contributed by atoms with Gasteiger partial charge in [0.1, 0.15) is 5.69 Å². The summed E-state index contributed by atoms with van der Waals surface area (Å²) in [5.74, 6) is -1.14. The Labute approximate surface area is 164 Å². The van der Waals surface area contributed by atoms with Crippen molar-refractivity contribution in [1.82, 2.24) is 9.55 Å². The van der Waals surface area contributed by atoms with Crippen LogP contribution >= 0.6 is 0 Å². The van der Waals surface area contributed by atoms with E-state index in [0.717, 1.165) is 17.0 Å². The molecule has 29 heavy (non-hydrogen) atoms. The highest BCUT2D eigenvalue weighted by Gasteiger charge is 2.33. The Bertz CT molecular complexity index is 1240. The van der Waals surface area contributed by atoms with Crippen LogP contribution in [0.25, 0.3) is 21.8 Å². The molecule has 0 radical (unpaired) electrons. The van der Waals surface area contributed by atoms with E-state index in [1.54, 1.807) is 10.6 Å². The van der Waals surface area contributed by atoms with Gasteiger partial charge in [0.15, 0.2) is 0 Å². The number of aryl methyl sites for hydroxylation is 1. The average Bonchev–Trinajstić information content (AvgIpc) is 3.01. The van der Waals surface area contributed by atoms with Crippen molar-refractivity contribution in [1.29, 1.82) is 0 Å². The number of alkyl halides is 3. The molecule has 0 fully saturated rings. The van der Waals surface area contributed by atoms with Crippen molar-refractivity contribution in [3.8, 4) is 0 Å². The van der Waals surface area contributed by atoms with Gasteiger partial charge in [-0.15, -0.1) is 0 Å². The van der Waals surface area contributed by atoms with Gasteiger partial charge < -0.3 is 9.67 Å². The summed E-state index contributed by atoms with van der Waals surface area (Å²) in [6, 6.07) is 14.3. The molecule has 148 valence electrons. The lowest BCUT2D eigenvalue weighted by Crippen LogP contribution is -2.12. The predicted molar refractivity (Wildman–Crippen MR) is 104 cm³/mol. The molecule has 0 bridgehead atoms. The smallest absolute Gasteiger partial charge is 0.416 e. The van der Waals surface area contributed by atoms with E-state index >= 15 is 0 Å². The first kappa shape index (κ1) is 19.0. The van der Waals surface area contributed by atoms with Crippen molar-refractivity contribution in [3.63, 3.8) is 0 Å². The Balaban J connectivity index is 2.04. The number of halogens is 3. The van der Waals surface area contributed by atoms with Gasteiger partial charge >= 0.3 is 12.1 Å². The Morgan fingerprint density at radius 1 is 1.07 bits per heavy atom. The van der Waals surface area contributed by atoms with Gasteiger partial charge in [-0.25, -0.2) is 9.78 Å². The second kappa shape index (κ2) is 6.92. The van der Waals surface area contributed by atoms with E-state index < -0.39 is 17.7 Å². The fourth-order valence-corrected chi connectivity index (χ4v) is 3.78. The lowest BCUT2D eigenvalue weighted by molar-refractivity contribution is -0.138. The van der Waals surface area contributed by atoms with Crippen LogP contribution in [0.1, 0.15) is 34.2 Å². The fraction of sp³-hybridized carbons (Fsp3) is 0.182. The first-order chi connectivity index (χ1) is 13.8. The lowest BCUT2D eigenvalue weighted by atomic mass is 10.1. The van der Waals surface area contributed by atoms with Gasteiger partial charge in [0.25, 0.3) is 0 Å². The molecule has 2 aromatic carbocycles. The molecule has 0 unspecified atom stereocenters. The van der Waals surface area contributed by atoms with Crippen molar-refractivity contribution in [2.24, 2.45) is 0 Å². The van der Waals surface area contributed by atoms with Crippen LogP contribution in [0.3, 0.4) is 0 Å². The quantitative estimate of drug-likeness (QED) is 0.493. The van der Waals surface area contributed by atoms with Gasteiger partial charge in [-0.05, 0) is 30.2 Å². The molecule has 2 heterocycles. The minimum Gasteiger partial charge on any atom is -0.477 e. The van der Waals surface area contributed by atoms with Gasteiger partial charge in [0.05, 0.1) is 16.8 Å². The molecule has 0 aliphatic carbocycles. The number of fused-ring (bicyclic) bond motifs is 3. The number of aromatic nitrogens is 2. The molecule has 0 atom stereocenters. The second-order valence-electron chi connectivity index (χ2n) is 6.77. The van der Waals surface area contributed by atoms with Crippen molar-refractivity contribution in [2.75, 3.05) is 0 Å². The maximum atomic E-state index is 13.5. The van der Waals surface area contributed by atoms with Crippen LogP contribution < -0.4 is 0 Å². The highest BCUT2D eigenvalue weighted by Crippen LogP contribution is 2.35. The number of pyridine rings is 1. The van der Waals surface area contributed by atoms with Crippen molar-refractivity contribution in [3.05, 3.63) is 77.1 Å². The molecule has 4 nitrogen and oxygen atoms in total. The minimum absolute atomic E-state index is 0.000788. The molecule has 0 amide bonds. The lowest BCUT2D eigenvalue weighted by Gasteiger charge is -2.15. The number of benzene rings is 2. The Morgan fingerprint density at radius 3 is 2.45 bits per heavy atom. The molecule has 4 aromatic rings. The average molecular weight is 398 g/mol. The molecule has 2 aromatic heterocycles. The fourth-order valence-electron chi connectivity index (χ4n) is 3.78. The third-order valence-electron chi connectivity index (χ3n) is 5.03. The molecule has 7 heteroatoms. The normalized spacial score (nSPS) is 12.0. The maximum absolute atomic E-state index is 13.5. The van der Waals surface area contributed by atoms with Gasteiger partial charge in [-0.2, -0.15) is 13.2 Å². The first-order valence-corrected chi connectivity index (χ1v) is 9.10. The number of carboxylic acids is 1. The van der Waals surface area contributed by atoms with E-state index in [1.165, 1.54) is 18.2 Å². The van der Waals surface area contributed by atoms with Crippen molar-refractivity contribution < 1.29 is 23.1 Å². The van der Waals surface area contributed by atoms with E-state index in [2.05, 4.69) is 4.98 Å². The molecular formula is C22H17F3N2O2. The van der Waals surface area contributed by atoms with E-state index in [-0.39, 0.29) is 17.8 Å². The number of para-hydroxylation sites is 1. The van der Waals surface area contributed by atoms with Crippen molar-refractivity contribution >= 4 is 27.8 Å². The van der Waals surface area contributed by atoms with Gasteiger partial charge in [0, 0.05) is 22.8 Å². The number of rotatable bonds is 4. The minimum atomic E-state index is -4.46. The van der Waals surface area contributed by atoms with Crippen LogP contribution in [-0.2, 0) is 19.1 Å². The number of nitrogens with zero attached hydrogens (tertiary/aromatic N) is 2. The summed E-state index contributed by atoms with van der Waals surface area (Å²) in [5.41, 5.74) is 1.33. The zero-order valence-corrected chi connectivity index (χ0v) is 15.5. The van der Waals surface area contributed by atoms with Gasteiger partial charge in [0.2, 0.25) is 0 Å². The zero-order valence-electron chi connectivity index (χ0n) is 15.5. The van der Waals surface area contributed by atoms with Crippen LogP contribution in [0.4, 0.5) is 13.2 Å². The maximum Gasteiger partial charge on any atom is 0.416 e. The van der Waals surface area contributed by atoms with Crippen LogP contribution in [-0.4, -0.2) is 20.6 Å². The standard InChI is InChI=1S/C22H17F3N2O2/c1-2-17-20-15(11-18(26-17)21(28)29)14-8-4-6-10-19(14)27(20)12-13-7-3-5-9-16(13)22(23,24)25/h3-11H,2,12H2,1H3,(H,28,29). The third-order valence-corrected chi connectivity index (χ3v) is 5.03. The summed E-state index contributed by atoms with van der Waals surface area (Å²) in [6.07, 6.45) is -4.01.